The molecule has 25 heavy (non-hydrogen) atoms. The lowest BCUT2D eigenvalue weighted by Gasteiger charge is -2.14. The van der Waals surface area contributed by atoms with Crippen molar-refractivity contribution in [3.05, 3.63) is 55.0 Å². The maximum atomic E-state index is 9.47. The number of nitrogens with zero attached hydrogens (tertiary/aromatic N) is 2. The number of hydrogen-bond donors (Lipinski definition) is 2. The van der Waals surface area contributed by atoms with Crippen LogP contribution in [0, 0.1) is 0 Å². The second kappa shape index (κ2) is 7.61. The van der Waals surface area contributed by atoms with Crippen molar-refractivity contribution in [3.63, 3.8) is 0 Å². The Labute approximate surface area is 145 Å². The van der Waals surface area contributed by atoms with Crippen LogP contribution in [0.2, 0.25) is 0 Å². The molecule has 3 N–H and O–H groups in total. The normalized spacial score (nSPS) is 13.7. The Morgan fingerprint density at radius 1 is 1.28 bits per heavy atom. The minimum atomic E-state index is -0.481. The van der Waals surface area contributed by atoms with Gasteiger partial charge in [0.25, 0.3) is 0 Å². The quantitative estimate of drug-likeness (QED) is 0.710. The van der Waals surface area contributed by atoms with Crippen molar-refractivity contribution in [2.45, 2.75) is 25.7 Å². The van der Waals surface area contributed by atoms with Crippen molar-refractivity contribution in [2.24, 2.45) is 5.73 Å². The van der Waals surface area contributed by atoms with E-state index in [2.05, 4.69) is 39.6 Å². The first-order chi connectivity index (χ1) is 12.2. The van der Waals surface area contributed by atoms with Gasteiger partial charge in [-0.15, -0.1) is 0 Å². The third-order valence-corrected chi connectivity index (χ3v) is 4.11. The van der Waals surface area contributed by atoms with Gasteiger partial charge < -0.3 is 15.2 Å². The van der Waals surface area contributed by atoms with Crippen molar-refractivity contribution in [1.82, 2.24) is 15.1 Å². The maximum absolute atomic E-state index is 9.47. The first-order valence-electron chi connectivity index (χ1n) is 8.19. The lowest BCUT2D eigenvalue weighted by Crippen LogP contribution is -2.04. The Balaban J connectivity index is 0.000000324. The van der Waals surface area contributed by atoms with E-state index in [1.54, 1.807) is 6.20 Å². The van der Waals surface area contributed by atoms with Gasteiger partial charge in [-0.2, -0.15) is 0 Å². The summed E-state index contributed by atoms with van der Waals surface area (Å²) in [5, 5.41) is 4.94. The standard InChI is InChI=1S/C16H15N3O.C3H5NO/c1-2-4-11(5-3-1)12-6-8-17-16-15(12)13(10-18-16)14-7-9-19-20-14;1-2-3(4)5/h4,6-10H,1-3,5H2,(H,17,18);2H,1H2,(H2,4,5). The van der Waals surface area contributed by atoms with E-state index in [4.69, 9.17) is 4.52 Å². The van der Waals surface area contributed by atoms with Gasteiger partial charge in [-0.3, -0.25) is 4.79 Å². The predicted octanol–water partition coefficient (Wildman–Crippen LogP) is 3.83. The van der Waals surface area contributed by atoms with Crippen LogP contribution < -0.4 is 5.73 Å². The van der Waals surface area contributed by atoms with Crippen LogP contribution in [0.1, 0.15) is 31.2 Å². The van der Waals surface area contributed by atoms with E-state index in [9.17, 15) is 4.79 Å². The van der Waals surface area contributed by atoms with Crippen molar-refractivity contribution in [1.29, 1.82) is 0 Å². The topological polar surface area (TPSA) is 97.8 Å². The van der Waals surface area contributed by atoms with Gasteiger partial charge in [-0.05, 0) is 49.0 Å². The lowest BCUT2D eigenvalue weighted by molar-refractivity contribution is -0.113. The van der Waals surface area contributed by atoms with Crippen LogP contribution in [-0.2, 0) is 4.79 Å². The molecule has 3 heterocycles. The molecule has 3 aromatic heterocycles. The van der Waals surface area contributed by atoms with E-state index >= 15 is 0 Å². The number of amides is 1. The Kier molecular flexibility index (Phi) is 5.09. The molecule has 0 saturated heterocycles. The highest BCUT2D eigenvalue weighted by Crippen LogP contribution is 2.36. The Morgan fingerprint density at radius 2 is 2.12 bits per heavy atom. The number of carbonyl (C=O) groups is 1. The van der Waals surface area contributed by atoms with E-state index in [1.807, 2.05) is 18.5 Å². The number of carbonyl (C=O) groups excluding carboxylic acids is 1. The van der Waals surface area contributed by atoms with Gasteiger partial charge in [0.05, 0.1) is 6.20 Å². The Morgan fingerprint density at radius 3 is 2.76 bits per heavy atom. The summed E-state index contributed by atoms with van der Waals surface area (Å²) in [6, 6.07) is 3.99. The maximum Gasteiger partial charge on any atom is 0.240 e. The number of pyridine rings is 1. The second-order valence-electron chi connectivity index (χ2n) is 5.74. The summed E-state index contributed by atoms with van der Waals surface area (Å²) < 4.78 is 5.31. The molecule has 1 aliphatic rings. The molecule has 0 aromatic carbocycles. The molecule has 0 atom stereocenters. The van der Waals surface area contributed by atoms with Crippen LogP contribution >= 0.6 is 0 Å². The first kappa shape index (κ1) is 16.7. The molecular formula is C19H20N4O2. The predicted molar refractivity (Wildman–Crippen MR) is 97.4 cm³/mol. The van der Waals surface area contributed by atoms with E-state index in [0.29, 0.717) is 0 Å². The molecule has 128 valence electrons. The number of nitrogens with one attached hydrogen (secondary N) is 1. The summed E-state index contributed by atoms with van der Waals surface area (Å²) in [7, 11) is 0. The average Bonchev–Trinajstić information content (AvgIpc) is 3.32. The zero-order chi connectivity index (χ0) is 17.6. The van der Waals surface area contributed by atoms with Gasteiger partial charge in [-0.25, -0.2) is 4.98 Å². The lowest BCUT2D eigenvalue weighted by atomic mass is 9.91. The van der Waals surface area contributed by atoms with Crippen molar-refractivity contribution < 1.29 is 9.32 Å². The average molecular weight is 336 g/mol. The number of rotatable bonds is 3. The summed E-state index contributed by atoms with van der Waals surface area (Å²) in [6.45, 7) is 3.09. The summed E-state index contributed by atoms with van der Waals surface area (Å²) in [5.74, 6) is 0.298. The van der Waals surface area contributed by atoms with Crippen LogP contribution in [0.4, 0.5) is 0 Å². The van der Waals surface area contributed by atoms with E-state index in [1.165, 1.54) is 30.4 Å². The molecule has 1 amide bonds. The van der Waals surface area contributed by atoms with Gasteiger partial charge in [0, 0.05) is 29.4 Å². The molecule has 6 nitrogen and oxygen atoms in total. The molecule has 0 unspecified atom stereocenters. The number of H-pyrrole nitrogens is 1. The monoisotopic (exact) mass is 336 g/mol. The van der Waals surface area contributed by atoms with Crippen molar-refractivity contribution in [3.8, 4) is 11.3 Å². The van der Waals surface area contributed by atoms with Crippen LogP contribution in [-0.4, -0.2) is 21.0 Å². The summed E-state index contributed by atoms with van der Waals surface area (Å²) in [4.78, 5) is 17.1. The highest BCUT2D eigenvalue weighted by Gasteiger charge is 2.16. The van der Waals surface area contributed by atoms with E-state index in [0.717, 1.165) is 34.9 Å². The molecule has 1 aliphatic carbocycles. The fourth-order valence-electron chi connectivity index (χ4n) is 2.96. The Hall–Kier alpha value is -3.15. The zero-order valence-corrected chi connectivity index (χ0v) is 13.9. The number of hydrogen-bond acceptors (Lipinski definition) is 4. The van der Waals surface area contributed by atoms with Gasteiger partial charge in [0.2, 0.25) is 5.91 Å². The molecule has 0 spiro atoms. The summed E-state index contributed by atoms with van der Waals surface area (Å²) >= 11 is 0. The van der Waals surface area contributed by atoms with Gasteiger partial charge in [0.15, 0.2) is 5.76 Å². The largest absolute Gasteiger partial charge is 0.366 e. The SMILES string of the molecule is C1=C(c2ccnc3[nH]cc(-c4ccno4)c23)CCCC1.C=CC(N)=O. The molecule has 4 rings (SSSR count). The highest BCUT2D eigenvalue weighted by atomic mass is 16.5. The molecule has 6 heteroatoms. The van der Waals surface area contributed by atoms with Gasteiger partial charge in [0.1, 0.15) is 5.65 Å². The van der Waals surface area contributed by atoms with Gasteiger partial charge >= 0.3 is 0 Å². The summed E-state index contributed by atoms with van der Waals surface area (Å²) in [5.41, 5.74) is 9.16. The first-order valence-corrected chi connectivity index (χ1v) is 8.19. The van der Waals surface area contributed by atoms with Crippen molar-refractivity contribution in [2.75, 3.05) is 0 Å². The molecular weight excluding hydrogens is 316 g/mol. The molecule has 0 saturated carbocycles. The minimum absolute atomic E-state index is 0.481. The number of primary amides is 1. The van der Waals surface area contributed by atoms with Gasteiger partial charge in [-0.1, -0.05) is 17.8 Å². The second-order valence-corrected chi connectivity index (χ2v) is 5.74. The van der Waals surface area contributed by atoms with Crippen LogP contribution in [0.15, 0.2) is 54.0 Å². The minimum Gasteiger partial charge on any atom is -0.366 e. The fourth-order valence-corrected chi connectivity index (χ4v) is 2.96. The number of allylic oxidation sites excluding steroid dienone is 2. The van der Waals surface area contributed by atoms with Crippen LogP contribution in [0.5, 0.6) is 0 Å². The van der Waals surface area contributed by atoms with Crippen LogP contribution in [0.25, 0.3) is 27.9 Å². The smallest absolute Gasteiger partial charge is 0.240 e. The number of fused-ring (bicyclic) bond motifs is 1. The zero-order valence-electron chi connectivity index (χ0n) is 13.9. The number of aromatic nitrogens is 3. The number of nitrogens with two attached hydrogens (primary N) is 1. The molecule has 3 aromatic rings. The fraction of sp³-hybridized carbons (Fsp3) is 0.211. The highest BCUT2D eigenvalue weighted by molar-refractivity contribution is 6.00. The van der Waals surface area contributed by atoms with Crippen molar-refractivity contribution >= 4 is 22.5 Å². The third kappa shape index (κ3) is 3.68. The Bertz CT molecular complexity index is 907. The molecule has 0 aliphatic heterocycles. The van der Waals surface area contributed by atoms with Crippen LogP contribution in [0.3, 0.4) is 0 Å². The molecule has 0 radical (unpaired) electrons. The van der Waals surface area contributed by atoms with E-state index < -0.39 is 5.91 Å². The summed E-state index contributed by atoms with van der Waals surface area (Å²) in [6.07, 6.45) is 13.8. The molecule has 0 fully saturated rings. The number of aromatic amines is 1. The molecule has 0 bridgehead atoms. The third-order valence-electron chi connectivity index (χ3n) is 4.11. The van der Waals surface area contributed by atoms with E-state index in [-0.39, 0.29) is 0 Å².